The van der Waals surface area contributed by atoms with Crippen LogP contribution in [0.5, 0.6) is 11.5 Å². The lowest BCUT2D eigenvalue weighted by Crippen LogP contribution is -2.00. The van der Waals surface area contributed by atoms with Crippen LogP contribution in [-0.2, 0) is 17.4 Å². The van der Waals surface area contributed by atoms with E-state index in [9.17, 15) is 4.21 Å². The summed E-state index contributed by atoms with van der Waals surface area (Å²) in [7, 11) is 0.584. The first-order chi connectivity index (χ1) is 11.2. The molecule has 0 aliphatic heterocycles. The molecule has 0 aliphatic rings. The van der Waals surface area contributed by atoms with Gasteiger partial charge in [0.2, 0.25) is 0 Å². The lowest BCUT2D eigenvalue weighted by Gasteiger charge is -2.14. The number of para-hydroxylation sites is 1. The third-order valence-electron chi connectivity index (χ3n) is 3.21. The molecule has 0 amide bonds. The van der Waals surface area contributed by atoms with Gasteiger partial charge in [-0.1, -0.05) is 42.5 Å². The van der Waals surface area contributed by atoms with Crippen LogP contribution >= 0.6 is 11.8 Å². The van der Waals surface area contributed by atoms with Crippen LogP contribution in [0, 0.1) is 0 Å². The Balaban J connectivity index is 2.34. The first-order valence-corrected chi connectivity index (χ1v) is 9.87. The van der Waals surface area contributed by atoms with Gasteiger partial charge in [0.25, 0.3) is 0 Å². The van der Waals surface area contributed by atoms with Gasteiger partial charge in [0.05, 0.1) is 22.1 Å². The summed E-state index contributed by atoms with van der Waals surface area (Å²) in [6.07, 6.45) is 5.48. The van der Waals surface area contributed by atoms with Crippen LogP contribution in [0.15, 0.2) is 52.8 Å². The molecule has 0 radical (unpaired) electrons. The van der Waals surface area contributed by atoms with E-state index in [4.69, 9.17) is 9.47 Å². The molecule has 2 aromatic carbocycles. The average Bonchev–Trinajstić information content (AvgIpc) is 2.58. The Morgan fingerprint density at radius 2 is 1.91 bits per heavy atom. The average molecular weight is 348 g/mol. The van der Waals surface area contributed by atoms with Crippen LogP contribution in [0.25, 0.3) is 6.08 Å². The van der Waals surface area contributed by atoms with Crippen molar-refractivity contribution in [3.63, 3.8) is 0 Å². The maximum atomic E-state index is 11.8. The molecular weight excluding hydrogens is 328 g/mol. The quantitative estimate of drug-likeness (QED) is 0.747. The number of hydrogen-bond donors (Lipinski definition) is 0. The lowest BCUT2D eigenvalue weighted by molar-refractivity contribution is 0.284. The molecule has 3 nitrogen and oxygen atoms in total. The second-order valence-electron chi connectivity index (χ2n) is 4.77. The molecule has 0 spiro atoms. The summed E-state index contributed by atoms with van der Waals surface area (Å²) < 4.78 is 24.0. The predicted molar refractivity (Wildman–Crippen MR) is 99.3 cm³/mol. The number of methoxy groups -OCH3 is 1. The molecule has 2 aromatic rings. The maximum Gasteiger partial charge on any atom is 0.168 e. The molecule has 0 bridgehead atoms. The standard InChI is InChI=1S/C18H20O3S2/c1-20-16-11-7-10-15(12-17(22-2)23(3)19)18(16)21-13-14-8-5-4-6-9-14/h4-12H,13H2,1-3H3. The van der Waals surface area contributed by atoms with Crippen molar-refractivity contribution in [3.05, 3.63) is 63.9 Å². The van der Waals surface area contributed by atoms with Gasteiger partial charge in [-0.2, -0.15) is 0 Å². The largest absolute Gasteiger partial charge is 0.493 e. The first kappa shape index (κ1) is 17.6. The molecule has 23 heavy (non-hydrogen) atoms. The fraction of sp³-hybridized carbons (Fsp3) is 0.222. The number of benzene rings is 2. The van der Waals surface area contributed by atoms with E-state index in [1.165, 1.54) is 11.8 Å². The minimum Gasteiger partial charge on any atom is -0.493 e. The van der Waals surface area contributed by atoms with Gasteiger partial charge in [-0.05, 0) is 24.0 Å². The highest BCUT2D eigenvalue weighted by molar-refractivity contribution is 8.16. The van der Waals surface area contributed by atoms with Crippen LogP contribution in [0.1, 0.15) is 11.1 Å². The van der Waals surface area contributed by atoms with Crippen LogP contribution in [-0.4, -0.2) is 23.8 Å². The molecule has 1 unspecified atom stereocenters. The summed E-state index contributed by atoms with van der Waals surface area (Å²) in [5.41, 5.74) is 1.94. The van der Waals surface area contributed by atoms with Gasteiger partial charge < -0.3 is 9.47 Å². The Morgan fingerprint density at radius 3 is 2.52 bits per heavy atom. The van der Waals surface area contributed by atoms with E-state index in [1.54, 1.807) is 13.4 Å². The van der Waals surface area contributed by atoms with E-state index in [1.807, 2.05) is 60.9 Å². The van der Waals surface area contributed by atoms with E-state index in [0.29, 0.717) is 18.1 Å². The molecule has 0 saturated carbocycles. The van der Waals surface area contributed by atoms with E-state index >= 15 is 0 Å². The molecule has 0 heterocycles. The van der Waals surface area contributed by atoms with Gasteiger partial charge in [0.1, 0.15) is 6.61 Å². The molecule has 2 rings (SSSR count). The number of rotatable bonds is 7. The number of thioether (sulfide) groups is 1. The maximum absolute atomic E-state index is 11.8. The molecule has 0 fully saturated rings. The van der Waals surface area contributed by atoms with Crippen LogP contribution in [0.2, 0.25) is 0 Å². The van der Waals surface area contributed by atoms with Crippen molar-refractivity contribution >= 4 is 28.6 Å². The van der Waals surface area contributed by atoms with E-state index in [-0.39, 0.29) is 0 Å². The van der Waals surface area contributed by atoms with Gasteiger partial charge in [-0.3, -0.25) is 4.21 Å². The minimum absolute atomic E-state index is 0.450. The Bertz CT molecular complexity index is 697. The van der Waals surface area contributed by atoms with Crippen molar-refractivity contribution in [2.45, 2.75) is 6.61 Å². The topological polar surface area (TPSA) is 35.5 Å². The van der Waals surface area contributed by atoms with Gasteiger partial charge in [0, 0.05) is 11.8 Å². The zero-order valence-electron chi connectivity index (χ0n) is 13.4. The first-order valence-electron chi connectivity index (χ1n) is 7.08. The highest BCUT2D eigenvalue weighted by Crippen LogP contribution is 2.34. The van der Waals surface area contributed by atoms with Crippen molar-refractivity contribution in [2.24, 2.45) is 0 Å². The molecule has 0 aliphatic carbocycles. The number of hydrogen-bond acceptors (Lipinski definition) is 4. The monoisotopic (exact) mass is 348 g/mol. The fourth-order valence-corrected chi connectivity index (χ4v) is 3.55. The predicted octanol–water partition coefficient (Wildman–Crippen LogP) is 4.31. The van der Waals surface area contributed by atoms with Crippen LogP contribution < -0.4 is 9.47 Å². The molecular formula is C18H20O3S2. The van der Waals surface area contributed by atoms with Gasteiger partial charge in [-0.25, -0.2) is 0 Å². The number of ether oxygens (including phenoxy) is 2. The SMILES string of the molecule is COc1cccc(C=C(SC)S(C)=O)c1OCc1ccccc1. The highest BCUT2D eigenvalue weighted by Gasteiger charge is 2.11. The van der Waals surface area contributed by atoms with E-state index in [2.05, 4.69) is 0 Å². The minimum atomic E-state index is -1.03. The Kier molecular flexibility index (Phi) is 6.74. The summed E-state index contributed by atoms with van der Waals surface area (Å²) in [6.45, 7) is 0.450. The van der Waals surface area contributed by atoms with Gasteiger partial charge in [0.15, 0.2) is 11.5 Å². The smallest absolute Gasteiger partial charge is 0.168 e. The van der Waals surface area contributed by atoms with Crippen LogP contribution in [0.3, 0.4) is 0 Å². The third kappa shape index (κ3) is 4.88. The molecule has 122 valence electrons. The molecule has 0 aromatic heterocycles. The highest BCUT2D eigenvalue weighted by atomic mass is 32.2. The summed E-state index contributed by atoms with van der Waals surface area (Å²) in [5, 5.41) is 0. The second kappa shape index (κ2) is 8.79. The van der Waals surface area contributed by atoms with Crippen molar-refractivity contribution in [1.29, 1.82) is 0 Å². The van der Waals surface area contributed by atoms with Crippen molar-refractivity contribution in [1.82, 2.24) is 0 Å². The summed E-state index contributed by atoms with van der Waals surface area (Å²) in [5.74, 6) is 1.33. The Labute approximate surface area is 144 Å². The van der Waals surface area contributed by atoms with E-state index in [0.717, 1.165) is 15.4 Å². The molecule has 0 N–H and O–H groups in total. The molecule has 0 saturated heterocycles. The Hall–Kier alpha value is -1.72. The lowest BCUT2D eigenvalue weighted by atomic mass is 10.2. The van der Waals surface area contributed by atoms with Crippen molar-refractivity contribution in [2.75, 3.05) is 19.6 Å². The van der Waals surface area contributed by atoms with Crippen LogP contribution in [0.4, 0.5) is 0 Å². The van der Waals surface area contributed by atoms with Crippen molar-refractivity contribution in [3.8, 4) is 11.5 Å². The second-order valence-corrected chi connectivity index (χ2v) is 7.23. The Morgan fingerprint density at radius 1 is 1.17 bits per heavy atom. The van der Waals surface area contributed by atoms with Gasteiger partial charge >= 0.3 is 0 Å². The summed E-state index contributed by atoms with van der Waals surface area (Å²) in [6, 6.07) is 15.7. The molecule has 1 atom stereocenters. The summed E-state index contributed by atoms with van der Waals surface area (Å²) >= 11 is 1.47. The van der Waals surface area contributed by atoms with E-state index < -0.39 is 10.8 Å². The zero-order valence-corrected chi connectivity index (χ0v) is 15.1. The molecule has 5 heteroatoms. The van der Waals surface area contributed by atoms with Gasteiger partial charge in [-0.15, -0.1) is 11.8 Å². The summed E-state index contributed by atoms with van der Waals surface area (Å²) in [4.78, 5) is 0. The third-order valence-corrected chi connectivity index (χ3v) is 5.62. The zero-order chi connectivity index (χ0) is 16.7. The normalized spacial score (nSPS) is 12.7. The fourth-order valence-electron chi connectivity index (χ4n) is 2.08. The van der Waals surface area contributed by atoms with Crippen molar-refractivity contribution < 1.29 is 13.7 Å².